The number of aliphatic hydroxyl groups is 1. The van der Waals surface area contributed by atoms with Gasteiger partial charge < -0.3 is 5.11 Å². The SMILES string of the molecule is Cc1ccncc1C(O)c1ccc(Br)c2cccnc12. The highest BCUT2D eigenvalue weighted by Gasteiger charge is 2.17. The van der Waals surface area contributed by atoms with Crippen LogP contribution in [0, 0.1) is 6.92 Å². The zero-order chi connectivity index (χ0) is 14.1. The molecule has 3 aromatic rings. The molecule has 0 aliphatic rings. The summed E-state index contributed by atoms with van der Waals surface area (Å²) in [5.74, 6) is 0. The third-order valence-corrected chi connectivity index (χ3v) is 4.11. The summed E-state index contributed by atoms with van der Waals surface area (Å²) in [7, 11) is 0. The van der Waals surface area contributed by atoms with Gasteiger partial charge >= 0.3 is 0 Å². The Hall–Kier alpha value is -1.78. The van der Waals surface area contributed by atoms with E-state index < -0.39 is 6.10 Å². The molecule has 0 radical (unpaired) electrons. The summed E-state index contributed by atoms with van der Waals surface area (Å²) in [5, 5.41) is 11.7. The molecule has 1 unspecified atom stereocenters. The highest BCUT2D eigenvalue weighted by molar-refractivity contribution is 9.10. The van der Waals surface area contributed by atoms with Crippen molar-refractivity contribution < 1.29 is 5.11 Å². The summed E-state index contributed by atoms with van der Waals surface area (Å²) in [6.07, 6.45) is 4.44. The molecule has 20 heavy (non-hydrogen) atoms. The molecule has 0 saturated heterocycles. The van der Waals surface area contributed by atoms with Crippen molar-refractivity contribution in [3.05, 3.63) is 70.1 Å². The molecule has 1 atom stereocenters. The van der Waals surface area contributed by atoms with Crippen LogP contribution in [0.15, 0.2) is 53.4 Å². The van der Waals surface area contributed by atoms with Gasteiger partial charge in [0.05, 0.1) is 5.52 Å². The van der Waals surface area contributed by atoms with E-state index in [1.165, 1.54) is 0 Å². The van der Waals surface area contributed by atoms with Crippen molar-refractivity contribution in [2.75, 3.05) is 0 Å². The maximum absolute atomic E-state index is 10.7. The minimum atomic E-state index is -0.728. The average molecular weight is 329 g/mol. The van der Waals surface area contributed by atoms with E-state index in [4.69, 9.17) is 0 Å². The van der Waals surface area contributed by atoms with Crippen molar-refractivity contribution >= 4 is 26.8 Å². The van der Waals surface area contributed by atoms with Crippen LogP contribution in [-0.4, -0.2) is 15.1 Å². The number of halogens is 1. The molecular formula is C16H13BrN2O. The van der Waals surface area contributed by atoms with Crippen molar-refractivity contribution in [3.8, 4) is 0 Å². The molecular weight excluding hydrogens is 316 g/mol. The van der Waals surface area contributed by atoms with Gasteiger partial charge in [0.15, 0.2) is 0 Å². The Kier molecular flexibility index (Phi) is 3.51. The molecule has 2 aromatic heterocycles. The predicted molar refractivity (Wildman–Crippen MR) is 82.5 cm³/mol. The maximum Gasteiger partial charge on any atom is 0.108 e. The van der Waals surface area contributed by atoms with Crippen LogP contribution in [0.3, 0.4) is 0 Å². The van der Waals surface area contributed by atoms with Crippen LogP contribution in [0.5, 0.6) is 0 Å². The van der Waals surface area contributed by atoms with Gasteiger partial charge in [-0.1, -0.05) is 28.1 Å². The molecule has 3 rings (SSSR count). The molecule has 0 aliphatic carbocycles. The van der Waals surface area contributed by atoms with Crippen LogP contribution in [0.4, 0.5) is 0 Å². The van der Waals surface area contributed by atoms with Crippen molar-refractivity contribution in [2.24, 2.45) is 0 Å². The summed E-state index contributed by atoms with van der Waals surface area (Å²) < 4.78 is 0.972. The maximum atomic E-state index is 10.7. The van der Waals surface area contributed by atoms with E-state index in [2.05, 4.69) is 25.9 Å². The number of pyridine rings is 2. The zero-order valence-corrected chi connectivity index (χ0v) is 12.5. The Morgan fingerprint density at radius 2 is 1.95 bits per heavy atom. The van der Waals surface area contributed by atoms with E-state index in [1.807, 2.05) is 37.3 Å². The van der Waals surface area contributed by atoms with E-state index in [1.54, 1.807) is 18.6 Å². The van der Waals surface area contributed by atoms with Crippen LogP contribution in [0.2, 0.25) is 0 Å². The van der Waals surface area contributed by atoms with E-state index in [9.17, 15) is 5.11 Å². The number of rotatable bonds is 2. The summed E-state index contributed by atoms with van der Waals surface area (Å²) in [4.78, 5) is 8.51. The summed E-state index contributed by atoms with van der Waals surface area (Å²) >= 11 is 3.52. The van der Waals surface area contributed by atoms with Crippen molar-refractivity contribution in [2.45, 2.75) is 13.0 Å². The van der Waals surface area contributed by atoms with Crippen LogP contribution in [0.1, 0.15) is 22.8 Å². The number of aliphatic hydroxyl groups excluding tert-OH is 1. The monoisotopic (exact) mass is 328 g/mol. The Morgan fingerprint density at radius 1 is 1.10 bits per heavy atom. The van der Waals surface area contributed by atoms with E-state index in [-0.39, 0.29) is 0 Å². The van der Waals surface area contributed by atoms with E-state index in [0.29, 0.717) is 0 Å². The first-order chi connectivity index (χ1) is 9.68. The number of benzene rings is 1. The molecule has 0 fully saturated rings. The van der Waals surface area contributed by atoms with Gasteiger partial charge in [-0.3, -0.25) is 9.97 Å². The first-order valence-corrected chi connectivity index (χ1v) is 7.09. The van der Waals surface area contributed by atoms with Gasteiger partial charge in [0, 0.05) is 39.6 Å². The standard InChI is InChI=1S/C16H13BrN2O/c1-10-6-8-18-9-13(10)16(20)12-4-5-14(17)11-3-2-7-19-15(11)12/h2-9,16,20H,1H3. The highest BCUT2D eigenvalue weighted by atomic mass is 79.9. The average Bonchev–Trinajstić information content (AvgIpc) is 2.48. The molecule has 3 nitrogen and oxygen atoms in total. The molecule has 1 N–H and O–H groups in total. The van der Waals surface area contributed by atoms with Gasteiger partial charge in [-0.15, -0.1) is 0 Å². The van der Waals surface area contributed by atoms with Gasteiger partial charge in [-0.05, 0) is 30.7 Å². The van der Waals surface area contributed by atoms with Gasteiger partial charge in [-0.25, -0.2) is 0 Å². The fourth-order valence-electron chi connectivity index (χ4n) is 2.31. The van der Waals surface area contributed by atoms with Crippen molar-refractivity contribution in [1.82, 2.24) is 9.97 Å². The van der Waals surface area contributed by atoms with Crippen LogP contribution >= 0.6 is 15.9 Å². The summed E-state index contributed by atoms with van der Waals surface area (Å²) in [6, 6.07) is 9.61. The number of fused-ring (bicyclic) bond motifs is 1. The van der Waals surface area contributed by atoms with Crippen molar-refractivity contribution in [1.29, 1.82) is 0 Å². The molecule has 0 bridgehead atoms. The largest absolute Gasteiger partial charge is 0.384 e. The number of aromatic nitrogens is 2. The smallest absolute Gasteiger partial charge is 0.108 e. The van der Waals surface area contributed by atoms with E-state index >= 15 is 0 Å². The molecule has 100 valence electrons. The van der Waals surface area contributed by atoms with E-state index in [0.717, 1.165) is 32.1 Å². The molecule has 1 aromatic carbocycles. The Labute approximate surface area is 125 Å². The van der Waals surface area contributed by atoms with Gasteiger partial charge in [-0.2, -0.15) is 0 Å². The third-order valence-electron chi connectivity index (χ3n) is 3.42. The fourth-order valence-corrected chi connectivity index (χ4v) is 2.76. The van der Waals surface area contributed by atoms with Gasteiger partial charge in [0.2, 0.25) is 0 Å². The minimum absolute atomic E-state index is 0.728. The van der Waals surface area contributed by atoms with Crippen LogP contribution in [0.25, 0.3) is 10.9 Å². The lowest BCUT2D eigenvalue weighted by Gasteiger charge is -2.15. The fraction of sp³-hybridized carbons (Fsp3) is 0.125. The molecule has 0 amide bonds. The third kappa shape index (κ3) is 2.21. The molecule has 4 heteroatoms. The quantitative estimate of drug-likeness (QED) is 0.778. The summed E-state index contributed by atoms with van der Waals surface area (Å²) in [6.45, 7) is 1.97. The zero-order valence-electron chi connectivity index (χ0n) is 10.9. The highest BCUT2D eigenvalue weighted by Crippen LogP contribution is 2.32. The lowest BCUT2D eigenvalue weighted by molar-refractivity contribution is 0.220. The Bertz CT molecular complexity index is 773. The van der Waals surface area contributed by atoms with Gasteiger partial charge in [0.25, 0.3) is 0 Å². The minimum Gasteiger partial charge on any atom is -0.384 e. The predicted octanol–water partition coefficient (Wildman–Crippen LogP) is 3.78. The molecule has 0 spiro atoms. The summed E-state index contributed by atoms with van der Waals surface area (Å²) in [5.41, 5.74) is 3.42. The second-order valence-electron chi connectivity index (χ2n) is 4.67. The lowest BCUT2D eigenvalue weighted by Crippen LogP contribution is -2.04. The first-order valence-electron chi connectivity index (χ1n) is 6.30. The Balaban J connectivity index is 2.20. The first kappa shape index (κ1) is 13.2. The topological polar surface area (TPSA) is 46.0 Å². The Morgan fingerprint density at radius 3 is 2.75 bits per heavy atom. The number of hydrogen-bond donors (Lipinski definition) is 1. The molecule has 0 saturated carbocycles. The number of aryl methyl sites for hydroxylation is 1. The molecule has 2 heterocycles. The number of hydrogen-bond acceptors (Lipinski definition) is 3. The van der Waals surface area contributed by atoms with Gasteiger partial charge in [0.1, 0.15) is 6.10 Å². The second kappa shape index (κ2) is 5.31. The number of nitrogens with zero attached hydrogens (tertiary/aromatic N) is 2. The molecule has 0 aliphatic heterocycles. The second-order valence-corrected chi connectivity index (χ2v) is 5.53. The normalized spacial score (nSPS) is 12.6. The van der Waals surface area contributed by atoms with Crippen molar-refractivity contribution in [3.63, 3.8) is 0 Å². The van der Waals surface area contributed by atoms with Crippen LogP contribution in [-0.2, 0) is 0 Å². The van der Waals surface area contributed by atoms with Crippen LogP contribution < -0.4 is 0 Å². The lowest BCUT2D eigenvalue weighted by atomic mass is 9.97.